The minimum atomic E-state index is -0.293. The van der Waals surface area contributed by atoms with Crippen LogP contribution in [0.2, 0.25) is 0 Å². The number of pyridine rings is 2. The smallest absolute Gasteiger partial charge is 0.339 e. The number of benzene rings is 2. The third kappa shape index (κ3) is 15.3. The van der Waals surface area contributed by atoms with E-state index in [4.69, 9.17) is 4.74 Å². The molecule has 5 heteroatoms. The molecule has 4 aromatic rings. The Hall–Kier alpha value is -4.12. The number of hydrogen-bond acceptors (Lipinski definition) is 5. The first-order chi connectivity index (χ1) is 19.8. The van der Waals surface area contributed by atoms with Crippen LogP contribution >= 0.6 is 0 Å². The van der Waals surface area contributed by atoms with Crippen molar-refractivity contribution in [3.8, 4) is 0 Å². The van der Waals surface area contributed by atoms with Gasteiger partial charge in [-0.25, -0.2) is 4.79 Å². The maximum Gasteiger partial charge on any atom is 0.339 e. The molecule has 0 aliphatic rings. The number of ether oxygens (including phenoxy) is 1. The molecule has 2 heterocycles. The molecule has 5 nitrogen and oxygen atoms in total. The van der Waals surface area contributed by atoms with Crippen LogP contribution in [0.1, 0.15) is 98.6 Å². The van der Waals surface area contributed by atoms with Crippen LogP contribution in [-0.2, 0) is 4.74 Å². The van der Waals surface area contributed by atoms with E-state index >= 15 is 0 Å². The molecule has 0 aliphatic heterocycles. The van der Waals surface area contributed by atoms with Crippen molar-refractivity contribution in [3.05, 3.63) is 132 Å². The number of rotatable bonds is 8. The molecule has 0 spiro atoms. The Kier molecular flexibility index (Phi) is 18.5. The molecule has 1 unspecified atom stereocenters. The van der Waals surface area contributed by atoms with Gasteiger partial charge in [0.1, 0.15) is 0 Å². The van der Waals surface area contributed by atoms with Gasteiger partial charge in [-0.1, -0.05) is 115 Å². The first kappa shape index (κ1) is 34.9. The fourth-order valence-electron chi connectivity index (χ4n) is 3.15. The lowest BCUT2D eigenvalue weighted by atomic mass is 9.93. The summed E-state index contributed by atoms with van der Waals surface area (Å²) in [6, 6.07) is 28.1. The Balaban J connectivity index is 0.000000294. The summed E-state index contributed by atoms with van der Waals surface area (Å²) in [7, 11) is 0. The van der Waals surface area contributed by atoms with Crippen molar-refractivity contribution in [1.82, 2.24) is 9.97 Å². The van der Waals surface area contributed by atoms with Crippen LogP contribution in [-0.4, -0.2) is 28.3 Å². The SMILES string of the molecule is CC(=O)c1cccnc1.CC(c1ccccc1)c1ccccc1.CCC(C)COC(=O)c1cccnc1.CCCC. The Labute approximate surface area is 247 Å². The third-order valence-corrected chi connectivity index (χ3v) is 6.26. The number of nitrogens with zero attached hydrogens (tertiary/aromatic N) is 2. The van der Waals surface area contributed by atoms with Gasteiger partial charge >= 0.3 is 5.97 Å². The molecule has 0 saturated heterocycles. The molecule has 0 N–H and O–H groups in total. The summed E-state index contributed by atoms with van der Waals surface area (Å²) in [5, 5.41) is 0. The number of hydrogen-bond donors (Lipinski definition) is 0. The molecular formula is C36H46N2O3. The highest BCUT2D eigenvalue weighted by molar-refractivity contribution is 5.93. The predicted molar refractivity (Wildman–Crippen MR) is 169 cm³/mol. The number of carbonyl (C=O) groups is 2. The summed E-state index contributed by atoms with van der Waals surface area (Å²) in [5.41, 5.74) is 3.92. The van der Waals surface area contributed by atoms with E-state index in [1.165, 1.54) is 37.1 Å². The Morgan fingerprint density at radius 2 is 1.15 bits per heavy atom. The Bertz CT molecular complexity index is 1160. The number of carbonyl (C=O) groups excluding carboxylic acids is 2. The van der Waals surface area contributed by atoms with Crippen LogP contribution in [0.5, 0.6) is 0 Å². The second-order valence-corrected chi connectivity index (χ2v) is 9.69. The molecule has 4 rings (SSSR count). The first-order valence-electron chi connectivity index (χ1n) is 14.4. The van der Waals surface area contributed by atoms with Gasteiger partial charge in [0.05, 0.1) is 12.2 Å². The van der Waals surface area contributed by atoms with Crippen molar-refractivity contribution in [2.45, 2.75) is 66.7 Å². The van der Waals surface area contributed by atoms with Gasteiger partial charge in [-0.3, -0.25) is 14.8 Å². The molecule has 218 valence electrons. The molecule has 1 atom stereocenters. The highest BCUT2D eigenvalue weighted by Gasteiger charge is 2.08. The van der Waals surface area contributed by atoms with Crippen LogP contribution in [0, 0.1) is 5.92 Å². The summed E-state index contributed by atoms with van der Waals surface area (Å²) in [6.07, 6.45) is 10.00. The molecular weight excluding hydrogens is 508 g/mol. The second kappa shape index (κ2) is 21.7. The van der Waals surface area contributed by atoms with Gasteiger partial charge in [0.15, 0.2) is 5.78 Å². The van der Waals surface area contributed by atoms with Gasteiger partial charge in [0.2, 0.25) is 0 Å². The van der Waals surface area contributed by atoms with Gasteiger partial charge < -0.3 is 4.74 Å². The fraction of sp³-hybridized carbons (Fsp3) is 0.333. The molecule has 0 aliphatic carbocycles. The number of ketones is 1. The predicted octanol–water partition coefficient (Wildman–Crippen LogP) is 9.21. The normalized spacial score (nSPS) is 10.4. The average Bonchev–Trinajstić information content (AvgIpc) is 3.05. The molecule has 41 heavy (non-hydrogen) atoms. The topological polar surface area (TPSA) is 69.2 Å². The van der Waals surface area contributed by atoms with E-state index in [1.54, 1.807) is 42.9 Å². The maximum atomic E-state index is 11.4. The molecule has 0 saturated carbocycles. The van der Waals surface area contributed by atoms with Crippen molar-refractivity contribution < 1.29 is 14.3 Å². The second-order valence-electron chi connectivity index (χ2n) is 9.69. The number of Topliss-reactive ketones (excluding diaryl/α,β-unsaturated/α-hetero) is 1. The van der Waals surface area contributed by atoms with Crippen molar-refractivity contribution >= 4 is 11.8 Å². The minimum absolute atomic E-state index is 0.0584. The Morgan fingerprint density at radius 1 is 0.683 bits per heavy atom. The van der Waals surface area contributed by atoms with Gasteiger partial charge in [0, 0.05) is 36.3 Å². The van der Waals surface area contributed by atoms with Crippen LogP contribution < -0.4 is 0 Å². The number of esters is 1. The lowest BCUT2D eigenvalue weighted by Gasteiger charge is -2.11. The largest absolute Gasteiger partial charge is 0.462 e. The van der Waals surface area contributed by atoms with Crippen LogP contribution in [0.25, 0.3) is 0 Å². The zero-order valence-electron chi connectivity index (χ0n) is 25.5. The van der Waals surface area contributed by atoms with Gasteiger partial charge in [-0.05, 0) is 48.2 Å². The van der Waals surface area contributed by atoms with E-state index in [0.29, 0.717) is 29.6 Å². The maximum absolute atomic E-state index is 11.4. The van der Waals surface area contributed by atoms with E-state index in [1.807, 2.05) is 0 Å². The van der Waals surface area contributed by atoms with E-state index < -0.39 is 0 Å². The number of unbranched alkanes of at least 4 members (excludes halogenated alkanes) is 1. The molecule has 0 radical (unpaired) electrons. The van der Waals surface area contributed by atoms with Crippen molar-refractivity contribution in [3.63, 3.8) is 0 Å². The summed E-state index contributed by atoms with van der Waals surface area (Å²) in [4.78, 5) is 29.6. The highest BCUT2D eigenvalue weighted by Crippen LogP contribution is 2.22. The molecule has 2 aromatic heterocycles. The molecule has 0 fully saturated rings. The number of aromatic nitrogens is 2. The summed E-state index contributed by atoms with van der Waals surface area (Å²) >= 11 is 0. The van der Waals surface area contributed by atoms with E-state index in [2.05, 4.69) is 105 Å². The summed E-state index contributed by atoms with van der Waals surface area (Å²) in [6.45, 7) is 12.7. The van der Waals surface area contributed by atoms with Crippen LogP contribution in [0.15, 0.2) is 110 Å². The minimum Gasteiger partial charge on any atom is -0.462 e. The van der Waals surface area contributed by atoms with Crippen molar-refractivity contribution in [2.75, 3.05) is 6.61 Å². The van der Waals surface area contributed by atoms with Crippen molar-refractivity contribution in [2.24, 2.45) is 5.92 Å². The molecule has 0 bridgehead atoms. The Morgan fingerprint density at radius 3 is 1.49 bits per heavy atom. The lowest BCUT2D eigenvalue weighted by Crippen LogP contribution is -2.11. The van der Waals surface area contributed by atoms with E-state index in [0.717, 1.165) is 6.42 Å². The first-order valence-corrected chi connectivity index (χ1v) is 14.4. The van der Waals surface area contributed by atoms with Gasteiger partial charge in [0.25, 0.3) is 0 Å². The summed E-state index contributed by atoms with van der Waals surface area (Å²) < 4.78 is 5.10. The third-order valence-electron chi connectivity index (χ3n) is 6.26. The van der Waals surface area contributed by atoms with Crippen LogP contribution in [0.4, 0.5) is 0 Å². The summed E-state index contributed by atoms with van der Waals surface area (Å²) in [5.74, 6) is 0.662. The highest BCUT2D eigenvalue weighted by atomic mass is 16.5. The quantitative estimate of drug-likeness (QED) is 0.160. The molecule has 0 amide bonds. The van der Waals surface area contributed by atoms with E-state index in [-0.39, 0.29) is 11.8 Å². The van der Waals surface area contributed by atoms with Crippen LogP contribution in [0.3, 0.4) is 0 Å². The zero-order chi connectivity index (χ0) is 30.3. The van der Waals surface area contributed by atoms with E-state index in [9.17, 15) is 9.59 Å². The van der Waals surface area contributed by atoms with Gasteiger partial charge in [-0.2, -0.15) is 0 Å². The molecule has 2 aromatic carbocycles. The lowest BCUT2D eigenvalue weighted by molar-refractivity contribution is 0.0446. The van der Waals surface area contributed by atoms with Gasteiger partial charge in [-0.15, -0.1) is 0 Å². The average molecular weight is 555 g/mol. The fourth-order valence-corrected chi connectivity index (χ4v) is 3.15. The standard InChI is InChI=1S/C14H14.C11H15NO2.C7H7NO.C4H10/c1-12(13-8-4-2-5-9-13)14-10-6-3-7-11-14;1-3-9(2)8-14-11(13)10-5-4-6-12-7-10;1-6(9)7-3-2-4-8-5-7;1-3-4-2/h2-12H,1H3;4-7,9H,3,8H2,1-2H3;2-5H,1H3;3-4H2,1-2H3. The zero-order valence-corrected chi connectivity index (χ0v) is 25.5. The monoisotopic (exact) mass is 554 g/mol. The van der Waals surface area contributed by atoms with Crippen molar-refractivity contribution in [1.29, 1.82) is 0 Å².